The van der Waals surface area contributed by atoms with E-state index in [0.29, 0.717) is 5.92 Å². The van der Waals surface area contributed by atoms with Gasteiger partial charge in [-0.2, -0.15) is 0 Å². The van der Waals surface area contributed by atoms with E-state index in [0.717, 1.165) is 56.2 Å². The number of ether oxygens (including phenoxy) is 1. The van der Waals surface area contributed by atoms with Crippen molar-refractivity contribution >= 4 is 11.6 Å². The number of hydrogen-bond acceptors (Lipinski definition) is 4. The predicted molar refractivity (Wildman–Crippen MR) is 74.5 cm³/mol. The number of piperidine rings is 1. The molecule has 3 fully saturated rings. The summed E-state index contributed by atoms with van der Waals surface area (Å²) in [7, 11) is 0. The van der Waals surface area contributed by atoms with E-state index in [4.69, 9.17) is 9.72 Å². The van der Waals surface area contributed by atoms with Gasteiger partial charge in [0.1, 0.15) is 0 Å². The third-order valence-electron chi connectivity index (χ3n) is 4.94. The van der Waals surface area contributed by atoms with E-state index in [1.165, 1.54) is 18.4 Å². The minimum absolute atomic E-state index is 0.607. The van der Waals surface area contributed by atoms with Crippen LogP contribution < -0.4 is 9.23 Å². The standard InChI is InChI=1S/C15H20N3O.Fe/c16-14-8-12(10-2-5-19-6-3-10)9-15(17-14)18-4-1-11-7-13(11)18;/h8-11,13H,1-7H2,(H-,16,17);/q-1;+1. The molecule has 0 amide bonds. The molecular formula is C15H20FeN3O. The van der Waals surface area contributed by atoms with Crippen LogP contribution in [0.1, 0.15) is 37.2 Å². The summed E-state index contributed by atoms with van der Waals surface area (Å²) in [5, 5.41) is 0. The number of nitrogens with zero attached hydrogens (tertiary/aromatic N) is 2. The third kappa shape index (κ3) is 2.32. The summed E-state index contributed by atoms with van der Waals surface area (Å²) in [4.78, 5) is 7.22. The van der Waals surface area contributed by atoms with Gasteiger partial charge in [0.25, 0.3) is 0 Å². The first kappa shape index (κ1) is 12.9. The Labute approximate surface area is 128 Å². The van der Waals surface area contributed by atoms with Crippen molar-refractivity contribution < 1.29 is 21.0 Å². The Hall–Kier alpha value is -0.771. The molecule has 1 aromatic heterocycles. The van der Waals surface area contributed by atoms with Crippen LogP contribution in [0.5, 0.6) is 0 Å². The zero-order chi connectivity index (χ0) is 13.5. The summed E-state index contributed by atoms with van der Waals surface area (Å²) < 4.78 is 8.46. The number of pyridine rings is 1. The van der Waals surface area contributed by atoms with Crippen LogP contribution in [-0.4, -0.2) is 30.8 Å². The molecule has 0 aromatic carbocycles. The molecule has 2 aliphatic heterocycles. The van der Waals surface area contributed by atoms with E-state index in [9.17, 15) is 0 Å². The fourth-order valence-corrected chi connectivity index (χ4v) is 3.82. The van der Waals surface area contributed by atoms with Gasteiger partial charge in [0, 0.05) is 0 Å². The first-order chi connectivity index (χ1) is 9.85. The van der Waals surface area contributed by atoms with Crippen molar-refractivity contribution in [1.82, 2.24) is 4.98 Å². The van der Waals surface area contributed by atoms with Gasteiger partial charge in [0.05, 0.1) is 0 Å². The van der Waals surface area contributed by atoms with Gasteiger partial charge < -0.3 is 0 Å². The summed E-state index contributed by atoms with van der Waals surface area (Å²) in [6, 6.07) is 5.22. The molecule has 3 heterocycles. The molecule has 0 spiro atoms. The van der Waals surface area contributed by atoms with Crippen LogP contribution in [0.2, 0.25) is 0 Å². The molecule has 4 nitrogen and oxygen atoms in total. The zero-order valence-electron chi connectivity index (χ0n) is 11.5. The monoisotopic (exact) mass is 314 g/mol. The number of hydrogen-bond donors (Lipinski definition) is 1. The van der Waals surface area contributed by atoms with Crippen LogP contribution in [-0.2, 0) is 21.0 Å². The van der Waals surface area contributed by atoms with Gasteiger partial charge in [-0.05, 0) is 0 Å². The second-order valence-electron chi connectivity index (χ2n) is 6.16. The van der Waals surface area contributed by atoms with Crippen molar-refractivity contribution in [1.29, 1.82) is 0 Å². The van der Waals surface area contributed by atoms with E-state index >= 15 is 0 Å². The SMILES string of the molecule is [Fe][NH]c1cc(C2CCOCC2)cc(N2CCC3CC32)n1. The van der Waals surface area contributed by atoms with Crippen molar-refractivity contribution in [2.24, 2.45) is 5.92 Å². The first-order valence-corrected chi connectivity index (χ1v) is 8.12. The van der Waals surface area contributed by atoms with Gasteiger partial charge in [-0.3, -0.25) is 0 Å². The number of anilines is 2. The van der Waals surface area contributed by atoms with Crippen molar-refractivity contribution in [3.63, 3.8) is 0 Å². The van der Waals surface area contributed by atoms with Crippen LogP contribution in [0.3, 0.4) is 0 Å². The van der Waals surface area contributed by atoms with E-state index in [1.54, 1.807) is 0 Å². The van der Waals surface area contributed by atoms with Crippen LogP contribution in [0.15, 0.2) is 12.1 Å². The van der Waals surface area contributed by atoms with Crippen molar-refractivity contribution in [3.05, 3.63) is 17.7 Å². The molecule has 4 rings (SSSR count). The summed E-state index contributed by atoms with van der Waals surface area (Å²) >= 11 is 3.78. The topological polar surface area (TPSA) is 37.4 Å². The normalized spacial score (nSPS) is 29.4. The third-order valence-corrected chi connectivity index (χ3v) is 5.22. The molecule has 109 valence electrons. The molecule has 20 heavy (non-hydrogen) atoms. The molecule has 3 aliphatic rings. The van der Waals surface area contributed by atoms with Gasteiger partial charge in [-0.25, -0.2) is 0 Å². The van der Waals surface area contributed by atoms with Crippen LogP contribution in [0.25, 0.3) is 0 Å². The molecule has 1 aliphatic carbocycles. The van der Waals surface area contributed by atoms with E-state index in [1.807, 2.05) is 0 Å². The van der Waals surface area contributed by atoms with Crippen LogP contribution >= 0.6 is 0 Å². The number of aromatic nitrogens is 1. The van der Waals surface area contributed by atoms with E-state index in [-0.39, 0.29) is 0 Å². The number of nitrogens with one attached hydrogen (secondary N) is 1. The second-order valence-corrected chi connectivity index (χ2v) is 6.44. The number of rotatable bonds is 3. The Morgan fingerprint density at radius 3 is 2.75 bits per heavy atom. The Morgan fingerprint density at radius 1 is 1.25 bits per heavy atom. The van der Waals surface area contributed by atoms with Gasteiger partial charge in [0.2, 0.25) is 0 Å². The van der Waals surface area contributed by atoms with Gasteiger partial charge >= 0.3 is 128 Å². The van der Waals surface area contributed by atoms with Crippen LogP contribution in [0, 0.1) is 5.92 Å². The molecule has 0 bridgehead atoms. The fourth-order valence-electron chi connectivity index (χ4n) is 3.67. The minimum atomic E-state index is 0.607. The quantitative estimate of drug-likeness (QED) is 0.870. The number of fused-ring (bicyclic) bond motifs is 1. The predicted octanol–water partition coefficient (Wildman–Crippen LogP) is 2.45. The maximum atomic E-state index is 5.48. The first-order valence-electron chi connectivity index (χ1n) is 7.57. The molecule has 1 N–H and O–H groups in total. The maximum absolute atomic E-state index is 5.48. The van der Waals surface area contributed by atoms with Gasteiger partial charge in [0.15, 0.2) is 0 Å². The van der Waals surface area contributed by atoms with Gasteiger partial charge in [-0.15, -0.1) is 0 Å². The van der Waals surface area contributed by atoms with Crippen molar-refractivity contribution in [2.45, 2.75) is 37.6 Å². The molecule has 2 atom stereocenters. The molecule has 2 saturated heterocycles. The average Bonchev–Trinajstić information content (AvgIpc) is 3.18. The molecule has 1 aromatic rings. The Balaban J connectivity index is 1.64. The zero-order valence-corrected chi connectivity index (χ0v) is 12.6. The molecule has 2 unspecified atom stereocenters. The van der Waals surface area contributed by atoms with Crippen molar-refractivity contribution in [3.8, 4) is 0 Å². The fraction of sp³-hybridized carbons (Fsp3) is 0.667. The second kappa shape index (κ2) is 5.21. The Bertz CT molecular complexity index is 504. The molecular weight excluding hydrogens is 294 g/mol. The Morgan fingerprint density at radius 2 is 2.10 bits per heavy atom. The van der Waals surface area contributed by atoms with Crippen LogP contribution in [0.4, 0.5) is 11.6 Å². The summed E-state index contributed by atoms with van der Waals surface area (Å²) in [6.07, 6.45) is 4.93. The van der Waals surface area contributed by atoms with Crippen molar-refractivity contribution in [2.75, 3.05) is 29.0 Å². The summed E-state index contributed by atoms with van der Waals surface area (Å²) in [6.45, 7) is 2.92. The molecule has 0 radical (unpaired) electrons. The average molecular weight is 314 g/mol. The van der Waals surface area contributed by atoms with E-state index < -0.39 is 0 Å². The Kier molecular flexibility index (Phi) is 3.37. The van der Waals surface area contributed by atoms with Gasteiger partial charge in [-0.1, -0.05) is 0 Å². The van der Waals surface area contributed by atoms with E-state index in [2.05, 4.69) is 37.6 Å². The summed E-state index contributed by atoms with van der Waals surface area (Å²) in [5.74, 6) is 3.58. The molecule has 1 saturated carbocycles. The molecule has 5 heteroatoms. The summed E-state index contributed by atoms with van der Waals surface area (Å²) in [5.41, 5.74) is 1.40.